The van der Waals surface area contributed by atoms with E-state index in [0.717, 1.165) is 0 Å². The van der Waals surface area contributed by atoms with E-state index < -0.39 is 12.6 Å². The molecule has 108 valence electrons. The van der Waals surface area contributed by atoms with Crippen molar-refractivity contribution >= 4 is 17.6 Å². The number of benzene rings is 1. The van der Waals surface area contributed by atoms with E-state index >= 15 is 0 Å². The molecular weight excluding hydrogens is 262 g/mol. The average Bonchev–Trinajstić information content (AvgIpc) is 2.84. The molecule has 0 aromatic heterocycles. The molecule has 0 spiro atoms. The third kappa shape index (κ3) is 3.48. The van der Waals surface area contributed by atoms with Crippen molar-refractivity contribution in [3.8, 4) is 5.75 Å². The Morgan fingerprint density at radius 1 is 1.45 bits per heavy atom. The van der Waals surface area contributed by atoms with Gasteiger partial charge in [0.2, 0.25) is 5.91 Å². The fourth-order valence-electron chi connectivity index (χ4n) is 2.14. The van der Waals surface area contributed by atoms with Crippen LogP contribution < -0.4 is 10.1 Å². The number of carbonyl (C=O) groups is 2. The number of aliphatic carboxylic acids is 1. The van der Waals surface area contributed by atoms with Gasteiger partial charge in [0.05, 0.1) is 17.7 Å². The van der Waals surface area contributed by atoms with Gasteiger partial charge in [0.1, 0.15) is 5.75 Å². The van der Waals surface area contributed by atoms with Crippen molar-refractivity contribution in [1.29, 1.82) is 0 Å². The van der Waals surface area contributed by atoms with E-state index in [0.29, 0.717) is 24.5 Å². The summed E-state index contributed by atoms with van der Waals surface area (Å²) in [6.45, 7) is 2.00. The van der Waals surface area contributed by atoms with Crippen molar-refractivity contribution in [1.82, 2.24) is 0 Å². The first-order valence-electron chi connectivity index (χ1n) is 6.44. The summed E-state index contributed by atoms with van der Waals surface area (Å²) in [6, 6.07) is 6.76. The highest BCUT2D eigenvalue weighted by Gasteiger charge is 2.31. The molecule has 1 aliphatic heterocycles. The van der Waals surface area contributed by atoms with Gasteiger partial charge in [-0.3, -0.25) is 4.79 Å². The lowest BCUT2D eigenvalue weighted by Gasteiger charge is -2.16. The lowest BCUT2D eigenvalue weighted by atomic mass is 10.0. The Labute approximate surface area is 116 Å². The first-order chi connectivity index (χ1) is 9.58. The SMILES string of the molecule is CC1OCCC1C(=O)Nc1ccccc1OCC(=O)O. The molecule has 1 fully saturated rings. The predicted molar refractivity (Wildman–Crippen MR) is 71.7 cm³/mol. The quantitative estimate of drug-likeness (QED) is 0.853. The second-order valence-corrected chi connectivity index (χ2v) is 4.64. The number of nitrogens with one attached hydrogen (secondary N) is 1. The molecule has 2 atom stereocenters. The molecule has 0 saturated carbocycles. The Balaban J connectivity index is 2.04. The fraction of sp³-hybridized carbons (Fsp3) is 0.429. The highest BCUT2D eigenvalue weighted by Crippen LogP contribution is 2.27. The number of carboxylic acids is 1. The lowest BCUT2D eigenvalue weighted by molar-refractivity contribution is -0.139. The number of hydrogen-bond acceptors (Lipinski definition) is 4. The van der Waals surface area contributed by atoms with Crippen molar-refractivity contribution in [3.05, 3.63) is 24.3 Å². The molecule has 1 aliphatic rings. The largest absolute Gasteiger partial charge is 0.480 e. The zero-order chi connectivity index (χ0) is 14.5. The molecular formula is C14H17NO5. The number of amides is 1. The van der Waals surface area contributed by atoms with E-state index in [1.165, 1.54) is 0 Å². The van der Waals surface area contributed by atoms with Crippen LogP contribution in [-0.2, 0) is 14.3 Å². The van der Waals surface area contributed by atoms with Gasteiger partial charge in [-0.1, -0.05) is 12.1 Å². The number of hydrogen-bond donors (Lipinski definition) is 2. The van der Waals surface area contributed by atoms with Crippen LogP contribution in [0.4, 0.5) is 5.69 Å². The van der Waals surface area contributed by atoms with E-state index in [1.54, 1.807) is 24.3 Å². The second-order valence-electron chi connectivity index (χ2n) is 4.64. The average molecular weight is 279 g/mol. The third-order valence-corrected chi connectivity index (χ3v) is 3.21. The Hall–Kier alpha value is -2.08. The standard InChI is InChI=1S/C14H17NO5/c1-9-10(6-7-19-9)14(18)15-11-4-2-3-5-12(11)20-8-13(16)17/h2-5,9-10H,6-8H2,1H3,(H,15,18)(H,16,17). The summed E-state index contributed by atoms with van der Waals surface area (Å²) in [5, 5.41) is 11.4. The molecule has 1 heterocycles. The fourth-order valence-corrected chi connectivity index (χ4v) is 2.14. The summed E-state index contributed by atoms with van der Waals surface area (Å²) in [5.41, 5.74) is 0.470. The molecule has 20 heavy (non-hydrogen) atoms. The van der Waals surface area contributed by atoms with E-state index in [1.807, 2.05) is 6.92 Å². The number of rotatable bonds is 5. The summed E-state index contributed by atoms with van der Waals surface area (Å²) in [7, 11) is 0. The van der Waals surface area contributed by atoms with Gasteiger partial charge in [-0.15, -0.1) is 0 Å². The minimum absolute atomic E-state index is 0.109. The number of ether oxygens (including phenoxy) is 2. The molecule has 1 saturated heterocycles. The molecule has 2 rings (SSSR count). The molecule has 2 unspecified atom stereocenters. The number of para-hydroxylation sites is 2. The van der Waals surface area contributed by atoms with E-state index in [9.17, 15) is 9.59 Å². The maximum absolute atomic E-state index is 12.2. The van der Waals surface area contributed by atoms with Gasteiger partial charge in [-0.25, -0.2) is 4.79 Å². The second kappa shape index (κ2) is 6.38. The topological polar surface area (TPSA) is 84.9 Å². The maximum atomic E-state index is 12.2. The summed E-state index contributed by atoms with van der Waals surface area (Å²) in [4.78, 5) is 22.7. The first kappa shape index (κ1) is 14.3. The monoisotopic (exact) mass is 279 g/mol. The zero-order valence-corrected chi connectivity index (χ0v) is 11.2. The van der Waals surface area contributed by atoms with Crippen LogP contribution in [0.2, 0.25) is 0 Å². The van der Waals surface area contributed by atoms with Crippen molar-refractivity contribution in [3.63, 3.8) is 0 Å². The van der Waals surface area contributed by atoms with Gasteiger partial charge >= 0.3 is 5.97 Å². The number of carboxylic acid groups (broad SMARTS) is 1. The normalized spacial score (nSPS) is 21.4. The molecule has 0 bridgehead atoms. The molecule has 6 heteroatoms. The lowest BCUT2D eigenvalue weighted by Crippen LogP contribution is -2.28. The minimum atomic E-state index is -1.07. The van der Waals surface area contributed by atoms with Gasteiger partial charge in [0.25, 0.3) is 0 Å². The molecule has 0 radical (unpaired) electrons. The predicted octanol–water partition coefficient (Wildman–Crippen LogP) is 1.51. The number of carbonyl (C=O) groups excluding carboxylic acids is 1. The first-order valence-corrected chi connectivity index (χ1v) is 6.44. The highest BCUT2D eigenvalue weighted by atomic mass is 16.5. The van der Waals surface area contributed by atoms with E-state index in [-0.39, 0.29) is 17.9 Å². The van der Waals surface area contributed by atoms with Crippen molar-refractivity contribution in [2.45, 2.75) is 19.4 Å². The van der Waals surface area contributed by atoms with Crippen molar-refractivity contribution in [2.75, 3.05) is 18.5 Å². The zero-order valence-electron chi connectivity index (χ0n) is 11.2. The van der Waals surface area contributed by atoms with Gasteiger partial charge in [0.15, 0.2) is 6.61 Å². The molecule has 1 aromatic carbocycles. The van der Waals surface area contributed by atoms with Crippen LogP contribution in [0.25, 0.3) is 0 Å². The van der Waals surface area contributed by atoms with Crippen molar-refractivity contribution < 1.29 is 24.2 Å². The maximum Gasteiger partial charge on any atom is 0.341 e. The van der Waals surface area contributed by atoms with Crippen LogP contribution in [0.3, 0.4) is 0 Å². The summed E-state index contributed by atoms with van der Waals surface area (Å²) >= 11 is 0. The molecule has 1 amide bonds. The summed E-state index contributed by atoms with van der Waals surface area (Å²) in [6.07, 6.45) is 0.576. The molecule has 2 N–H and O–H groups in total. The smallest absolute Gasteiger partial charge is 0.341 e. The summed E-state index contributed by atoms with van der Waals surface area (Å²) < 4.78 is 10.5. The Kier molecular flexibility index (Phi) is 4.57. The van der Waals surface area contributed by atoms with E-state index in [4.69, 9.17) is 14.6 Å². The summed E-state index contributed by atoms with van der Waals surface area (Å²) in [5.74, 6) is -1.05. The third-order valence-electron chi connectivity index (χ3n) is 3.21. The van der Waals surface area contributed by atoms with Crippen LogP contribution in [0.1, 0.15) is 13.3 Å². The molecule has 6 nitrogen and oxygen atoms in total. The Morgan fingerprint density at radius 2 is 2.20 bits per heavy atom. The minimum Gasteiger partial charge on any atom is -0.480 e. The Morgan fingerprint density at radius 3 is 2.85 bits per heavy atom. The van der Waals surface area contributed by atoms with Gasteiger partial charge in [-0.05, 0) is 25.5 Å². The Bertz CT molecular complexity index is 502. The van der Waals surface area contributed by atoms with Gasteiger partial charge in [-0.2, -0.15) is 0 Å². The van der Waals surface area contributed by atoms with Gasteiger partial charge < -0.3 is 19.9 Å². The van der Waals surface area contributed by atoms with E-state index in [2.05, 4.69) is 5.32 Å². The van der Waals surface area contributed by atoms with Crippen LogP contribution in [0.15, 0.2) is 24.3 Å². The van der Waals surface area contributed by atoms with Gasteiger partial charge in [0, 0.05) is 6.61 Å². The van der Waals surface area contributed by atoms with Crippen LogP contribution >= 0.6 is 0 Å². The van der Waals surface area contributed by atoms with Crippen LogP contribution in [-0.4, -0.2) is 36.3 Å². The number of anilines is 1. The molecule has 0 aliphatic carbocycles. The van der Waals surface area contributed by atoms with Crippen LogP contribution in [0, 0.1) is 5.92 Å². The van der Waals surface area contributed by atoms with Crippen molar-refractivity contribution in [2.24, 2.45) is 5.92 Å². The molecule has 1 aromatic rings. The van der Waals surface area contributed by atoms with Crippen LogP contribution in [0.5, 0.6) is 5.75 Å². The highest BCUT2D eigenvalue weighted by molar-refractivity contribution is 5.94.